The molecule has 2 aromatic rings. The summed E-state index contributed by atoms with van der Waals surface area (Å²) < 4.78 is 0. The number of anilines is 1. The summed E-state index contributed by atoms with van der Waals surface area (Å²) in [5, 5.41) is 4.45. The number of allylic oxidation sites excluding steroid dienone is 2. The molecule has 6 heteroatoms. The Hall–Kier alpha value is -3.41. The minimum atomic E-state index is -0.365. The molecule has 178 valence electrons. The van der Waals surface area contributed by atoms with Gasteiger partial charge in [0.25, 0.3) is 5.91 Å². The van der Waals surface area contributed by atoms with Crippen LogP contribution in [-0.4, -0.2) is 17.7 Å². The standard InChI is InChI=1S/C28H33N3O3/c1-17(2)19-12-14-20(15-13-19)25(18(3)4)29-26(32)21-8-7-9-22(16-21)31-28(34)24-11-6-5-10-23(24)27(33)30-31/h5-9,12-18,23-25H,10-11H2,1-4H3,(H,29,32)(H,30,33). The number of hydrazine groups is 1. The van der Waals surface area contributed by atoms with Crippen LogP contribution in [0.25, 0.3) is 0 Å². The number of fused-ring (bicyclic) bond motifs is 1. The molecule has 2 N–H and O–H groups in total. The van der Waals surface area contributed by atoms with E-state index in [-0.39, 0.29) is 41.5 Å². The van der Waals surface area contributed by atoms with Crippen molar-refractivity contribution < 1.29 is 14.4 Å². The molecule has 0 aromatic heterocycles. The van der Waals surface area contributed by atoms with Crippen molar-refractivity contribution in [1.29, 1.82) is 0 Å². The predicted molar refractivity (Wildman–Crippen MR) is 133 cm³/mol. The average Bonchev–Trinajstić information content (AvgIpc) is 2.84. The van der Waals surface area contributed by atoms with Gasteiger partial charge in [0.05, 0.1) is 23.6 Å². The van der Waals surface area contributed by atoms with Crippen LogP contribution in [0.1, 0.15) is 74.0 Å². The molecule has 1 saturated heterocycles. The van der Waals surface area contributed by atoms with Gasteiger partial charge in [0.2, 0.25) is 11.8 Å². The van der Waals surface area contributed by atoms with Crippen LogP contribution in [0.2, 0.25) is 0 Å². The summed E-state index contributed by atoms with van der Waals surface area (Å²) in [7, 11) is 0. The molecule has 0 radical (unpaired) electrons. The molecule has 3 atom stereocenters. The number of amides is 3. The van der Waals surface area contributed by atoms with E-state index in [1.54, 1.807) is 24.3 Å². The molecule has 1 heterocycles. The highest BCUT2D eigenvalue weighted by Gasteiger charge is 2.42. The molecule has 0 bridgehead atoms. The lowest BCUT2D eigenvalue weighted by Gasteiger charge is -2.38. The van der Waals surface area contributed by atoms with Gasteiger partial charge in [0.15, 0.2) is 0 Å². The smallest absolute Gasteiger partial charge is 0.251 e. The van der Waals surface area contributed by atoms with E-state index in [0.29, 0.717) is 30.0 Å². The normalized spacial score (nSPS) is 20.8. The fourth-order valence-corrected chi connectivity index (χ4v) is 4.72. The molecule has 1 fully saturated rings. The third-order valence-corrected chi connectivity index (χ3v) is 6.81. The Morgan fingerprint density at radius 2 is 1.59 bits per heavy atom. The Balaban J connectivity index is 1.53. The van der Waals surface area contributed by atoms with E-state index < -0.39 is 0 Å². The van der Waals surface area contributed by atoms with Crippen LogP contribution >= 0.6 is 0 Å². The van der Waals surface area contributed by atoms with Crippen molar-refractivity contribution in [2.24, 2.45) is 17.8 Å². The molecule has 0 saturated carbocycles. The highest BCUT2D eigenvalue weighted by Crippen LogP contribution is 2.32. The lowest BCUT2D eigenvalue weighted by atomic mass is 9.80. The van der Waals surface area contributed by atoms with E-state index in [1.165, 1.54) is 10.6 Å². The van der Waals surface area contributed by atoms with Crippen LogP contribution in [0.3, 0.4) is 0 Å². The minimum absolute atomic E-state index is 0.142. The maximum Gasteiger partial charge on any atom is 0.251 e. The van der Waals surface area contributed by atoms with Crippen LogP contribution < -0.4 is 15.8 Å². The number of nitrogens with zero attached hydrogens (tertiary/aromatic N) is 1. The second-order valence-electron chi connectivity index (χ2n) is 9.87. The lowest BCUT2D eigenvalue weighted by Crippen LogP contribution is -2.59. The Bertz CT molecular complexity index is 1100. The second kappa shape index (κ2) is 9.84. The van der Waals surface area contributed by atoms with E-state index >= 15 is 0 Å². The van der Waals surface area contributed by atoms with Gasteiger partial charge in [-0.2, -0.15) is 0 Å². The molecule has 1 aliphatic carbocycles. The molecule has 2 aliphatic rings. The van der Waals surface area contributed by atoms with Crippen molar-refractivity contribution in [3.63, 3.8) is 0 Å². The van der Waals surface area contributed by atoms with Gasteiger partial charge in [-0.1, -0.05) is 70.2 Å². The van der Waals surface area contributed by atoms with Crippen LogP contribution in [0, 0.1) is 17.8 Å². The molecule has 6 nitrogen and oxygen atoms in total. The van der Waals surface area contributed by atoms with E-state index in [4.69, 9.17) is 0 Å². The van der Waals surface area contributed by atoms with Gasteiger partial charge in [0.1, 0.15) is 0 Å². The summed E-state index contributed by atoms with van der Waals surface area (Å²) in [6.45, 7) is 8.47. The van der Waals surface area contributed by atoms with Gasteiger partial charge in [-0.15, -0.1) is 0 Å². The number of benzene rings is 2. The number of hydrogen-bond acceptors (Lipinski definition) is 3. The van der Waals surface area contributed by atoms with Gasteiger partial charge < -0.3 is 5.32 Å². The summed E-state index contributed by atoms with van der Waals surface area (Å²) in [5.41, 5.74) is 5.97. The first-order valence-corrected chi connectivity index (χ1v) is 12.1. The van der Waals surface area contributed by atoms with Crippen LogP contribution in [0.5, 0.6) is 0 Å². The third-order valence-electron chi connectivity index (χ3n) is 6.81. The SMILES string of the molecule is CC(C)c1ccc(C(NC(=O)c2cccc(N3NC(=O)C4CC=CCC4C3=O)c2)C(C)C)cc1. The lowest BCUT2D eigenvalue weighted by molar-refractivity contribution is -0.139. The van der Waals surface area contributed by atoms with Crippen LogP contribution in [0.15, 0.2) is 60.7 Å². The van der Waals surface area contributed by atoms with Crippen molar-refractivity contribution in [3.8, 4) is 0 Å². The predicted octanol–water partition coefficient (Wildman–Crippen LogP) is 4.90. The quantitative estimate of drug-likeness (QED) is 0.603. The van der Waals surface area contributed by atoms with E-state index in [9.17, 15) is 14.4 Å². The number of carbonyl (C=O) groups excluding carboxylic acids is 3. The summed E-state index contributed by atoms with van der Waals surface area (Å²) in [5.74, 6) is -0.574. The third kappa shape index (κ3) is 4.76. The topological polar surface area (TPSA) is 78.5 Å². The number of rotatable bonds is 6. The summed E-state index contributed by atoms with van der Waals surface area (Å²) in [6.07, 6.45) is 5.04. The highest BCUT2D eigenvalue weighted by molar-refractivity contribution is 6.05. The molecule has 0 spiro atoms. The fraction of sp³-hybridized carbons (Fsp3) is 0.393. The molecule has 1 aliphatic heterocycles. The van der Waals surface area contributed by atoms with Gasteiger partial charge in [-0.3, -0.25) is 19.8 Å². The Labute approximate surface area is 201 Å². The molecule has 3 amide bonds. The molecule has 34 heavy (non-hydrogen) atoms. The summed E-state index contributed by atoms with van der Waals surface area (Å²) in [4.78, 5) is 38.9. The molecule has 4 rings (SSSR count). The Morgan fingerprint density at radius 1 is 0.941 bits per heavy atom. The number of hydrogen-bond donors (Lipinski definition) is 2. The summed E-state index contributed by atoms with van der Waals surface area (Å²) >= 11 is 0. The van der Waals surface area contributed by atoms with E-state index in [2.05, 4.69) is 62.7 Å². The number of nitrogens with one attached hydrogen (secondary N) is 2. The van der Waals surface area contributed by atoms with Crippen molar-refractivity contribution in [1.82, 2.24) is 10.7 Å². The van der Waals surface area contributed by atoms with Crippen LogP contribution in [-0.2, 0) is 9.59 Å². The zero-order valence-corrected chi connectivity index (χ0v) is 20.2. The van der Waals surface area contributed by atoms with Gasteiger partial charge in [-0.25, -0.2) is 5.01 Å². The Morgan fingerprint density at radius 3 is 2.24 bits per heavy atom. The van der Waals surface area contributed by atoms with Crippen molar-refractivity contribution in [3.05, 3.63) is 77.4 Å². The maximum atomic E-state index is 13.2. The second-order valence-corrected chi connectivity index (χ2v) is 9.87. The number of carbonyl (C=O) groups is 3. The summed E-state index contributed by atoms with van der Waals surface area (Å²) in [6, 6.07) is 15.1. The average molecular weight is 460 g/mol. The first-order chi connectivity index (χ1) is 16.3. The largest absolute Gasteiger partial charge is 0.345 e. The minimum Gasteiger partial charge on any atom is -0.345 e. The first-order valence-electron chi connectivity index (χ1n) is 12.1. The van der Waals surface area contributed by atoms with Crippen molar-refractivity contribution >= 4 is 23.4 Å². The maximum absolute atomic E-state index is 13.2. The van der Waals surface area contributed by atoms with Crippen molar-refractivity contribution in [2.75, 3.05) is 5.01 Å². The molecular weight excluding hydrogens is 426 g/mol. The molecule has 3 unspecified atom stereocenters. The molecule has 2 aromatic carbocycles. The monoisotopic (exact) mass is 459 g/mol. The fourth-order valence-electron chi connectivity index (χ4n) is 4.72. The first kappa shape index (κ1) is 23.7. The van der Waals surface area contributed by atoms with E-state index in [1.807, 2.05) is 12.2 Å². The zero-order valence-electron chi connectivity index (χ0n) is 20.2. The van der Waals surface area contributed by atoms with E-state index in [0.717, 1.165) is 5.56 Å². The zero-order chi connectivity index (χ0) is 24.4. The molecular formula is C28H33N3O3. The van der Waals surface area contributed by atoms with Gasteiger partial charge in [0, 0.05) is 5.56 Å². The highest BCUT2D eigenvalue weighted by atomic mass is 16.2. The Kier molecular flexibility index (Phi) is 6.87. The van der Waals surface area contributed by atoms with Gasteiger partial charge >= 0.3 is 0 Å². The van der Waals surface area contributed by atoms with Gasteiger partial charge in [-0.05, 0) is 54.0 Å². The van der Waals surface area contributed by atoms with Crippen LogP contribution in [0.4, 0.5) is 5.69 Å². The van der Waals surface area contributed by atoms with Crippen molar-refractivity contribution in [2.45, 2.75) is 52.5 Å².